The van der Waals surface area contributed by atoms with Crippen molar-refractivity contribution in [2.45, 2.75) is 26.4 Å². The summed E-state index contributed by atoms with van der Waals surface area (Å²) < 4.78 is 11.9. The lowest BCUT2D eigenvalue weighted by Gasteiger charge is -2.25. The van der Waals surface area contributed by atoms with Crippen molar-refractivity contribution in [3.05, 3.63) is 64.4 Å². The number of rotatable bonds is 7. The molecule has 1 atom stereocenters. The Balaban J connectivity index is 1.82. The highest BCUT2D eigenvalue weighted by Gasteiger charge is 2.20. The van der Waals surface area contributed by atoms with E-state index in [9.17, 15) is 9.59 Å². The second-order valence-corrected chi connectivity index (χ2v) is 6.70. The number of carbonyl (C=O) groups excluding carboxylic acids is 1. The molecule has 0 radical (unpaired) electrons. The van der Waals surface area contributed by atoms with E-state index in [0.717, 1.165) is 16.0 Å². The monoisotopic (exact) mass is 395 g/mol. The molecule has 3 rings (SSSR count). The number of benzene rings is 2. The third kappa shape index (κ3) is 4.23. The van der Waals surface area contributed by atoms with Crippen LogP contribution in [0.2, 0.25) is 0 Å². The molecule has 0 aliphatic heterocycles. The molecular formula is C22H25N3O4. The summed E-state index contributed by atoms with van der Waals surface area (Å²) in [6.45, 7) is 4.30. The number of fused-ring (bicyclic) bond motifs is 1. The minimum absolute atomic E-state index is 0.169. The van der Waals surface area contributed by atoms with E-state index >= 15 is 0 Å². The molecule has 0 fully saturated rings. The van der Waals surface area contributed by atoms with Gasteiger partial charge in [0, 0.05) is 7.05 Å². The zero-order valence-electron chi connectivity index (χ0n) is 17.1. The summed E-state index contributed by atoms with van der Waals surface area (Å²) in [7, 11) is 3.21. The molecule has 0 aliphatic rings. The molecule has 1 amide bonds. The predicted molar refractivity (Wildman–Crippen MR) is 111 cm³/mol. The summed E-state index contributed by atoms with van der Waals surface area (Å²) in [6.07, 6.45) is 0. The number of aromatic nitrogens is 2. The highest BCUT2D eigenvalue weighted by Crippen LogP contribution is 2.23. The van der Waals surface area contributed by atoms with Crippen LogP contribution in [0.3, 0.4) is 0 Å². The second kappa shape index (κ2) is 8.77. The largest absolute Gasteiger partial charge is 0.494 e. The highest BCUT2D eigenvalue weighted by atomic mass is 16.5. The van der Waals surface area contributed by atoms with Crippen LogP contribution >= 0.6 is 0 Å². The normalized spacial score (nSPS) is 11.9. The summed E-state index contributed by atoms with van der Waals surface area (Å²) in [5, 5.41) is 5.32. The van der Waals surface area contributed by atoms with Gasteiger partial charge in [0.05, 0.1) is 30.5 Å². The number of hydrogen-bond acceptors (Lipinski definition) is 5. The lowest BCUT2D eigenvalue weighted by molar-refractivity contribution is -0.132. The molecule has 1 aromatic heterocycles. The van der Waals surface area contributed by atoms with Gasteiger partial charge in [0.25, 0.3) is 5.56 Å². The average molecular weight is 395 g/mol. The first-order valence-electron chi connectivity index (χ1n) is 9.48. The first kappa shape index (κ1) is 20.4. The second-order valence-electron chi connectivity index (χ2n) is 6.70. The van der Waals surface area contributed by atoms with E-state index in [1.165, 1.54) is 7.11 Å². The number of methoxy groups -OCH3 is 1. The van der Waals surface area contributed by atoms with Gasteiger partial charge in [0.2, 0.25) is 11.8 Å². The van der Waals surface area contributed by atoms with Crippen molar-refractivity contribution in [3.63, 3.8) is 0 Å². The van der Waals surface area contributed by atoms with Crippen molar-refractivity contribution in [1.82, 2.24) is 14.7 Å². The van der Waals surface area contributed by atoms with Crippen LogP contribution in [0.1, 0.15) is 25.5 Å². The Morgan fingerprint density at radius 1 is 1.14 bits per heavy atom. The Morgan fingerprint density at radius 3 is 2.41 bits per heavy atom. The van der Waals surface area contributed by atoms with E-state index in [1.54, 1.807) is 30.1 Å². The average Bonchev–Trinajstić information content (AvgIpc) is 2.75. The van der Waals surface area contributed by atoms with E-state index < -0.39 is 0 Å². The van der Waals surface area contributed by atoms with Gasteiger partial charge in [-0.15, -0.1) is 5.10 Å². The smallest absolute Gasteiger partial charge is 0.275 e. The summed E-state index contributed by atoms with van der Waals surface area (Å²) in [4.78, 5) is 27.2. The Labute approximate surface area is 169 Å². The van der Waals surface area contributed by atoms with Crippen molar-refractivity contribution in [2.24, 2.45) is 0 Å². The first-order chi connectivity index (χ1) is 14.0. The van der Waals surface area contributed by atoms with Crippen molar-refractivity contribution < 1.29 is 14.3 Å². The summed E-state index contributed by atoms with van der Waals surface area (Å²) >= 11 is 0. The highest BCUT2D eigenvalue weighted by molar-refractivity contribution is 5.86. The van der Waals surface area contributed by atoms with E-state index in [-0.39, 0.29) is 24.1 Å². The Kier molecular flexibility index (Phi) is 6.16. The van der Waals surface area contributed by atoms with E-state index in [0.29, 0.717) is 23.3 Å². The third-order valence-corrected chi connectivity index (χ3v) is 4.96. The molecular weight excluding hydrogens is 370 g/mol. The SMILES string of the molecule is CCOc1ccc(C(C)N(C)C(=O)Cn2nc(OC)c3ccccc3c2=O)cc1. The first-order valence-corrected chi connectivity index (χ1v) is 9.48. The van der Waals surface area contributed by atoms with E-state index in [2.05, 4.69) is 5.10 Å². The van der Waals surface area contributed by atoms with Crippen LogP contribution in [-0.4, -0.2) is 41.4 Å². The van der Waals surface area contributed by atoms with Crippen LogP contribution in [0, 0.1) is 0 Å². The van der Waals surface area contributed by atoms with Crippen LogP contribution in [0.5, 0.6) is 11.6 Å². The quantitative estimate of drug-likeness (QED) is 0.615. The predicted octanol–water partition coefficient (Wildman–Crippen LogP) is 3.02. The molecule has 0 spiro atoms. The molecule has 152 valence electrons. The molecule has 1 unspecified atom stereocenters. The standard InChI is InChI=1S/C22H25N3O4/c1-5-29-17-12-10-16(11-13-17)15(2)24(3)20(26)14-25-22(27)19-9-7-6-8-18(19)21(23-25)28-4/h6-13,15H,5,14H2,1-4H3. The van der Waals surface area contributed by atoms with Gasteiger partial charge in [-0.3, -0.25) is 9.59 Å². The van der Waals surface area contributed by atoms with Crippen molar-refractivity contribution in [1.29, 1.82) is 0 Å². The van der Waals surface area contributed by atoms with Crippen LogP contribution in [0.15, 0.2) is 53.3 Å². The van der Waals surface area contributed by atoms with Gasteiger partial charge in [-0.25, -0.2) is 4.68 Å². The molecule has 3 aromatic rings. The lowest BCUT2D eigenvalue weighted by atomic mass is 10.1. The van der Waals surface area contributed by atoms with Crippen molar-refractivity contribution in [3.8, 4) is 11.6 Å². The molecule has 0 bridgehead atoms. The van der Waals surface area contributed by atoms with Gasteiger partial charge in [0.1, 0.15) is 12.3 Å². The number of likely N-dealkylation sites (N-methyl/N-ethyl adjacent to an activating group) is 1. The molecule has 2 aromatic carbocycles. The maximum atomic E-state index is 12.8. The van der Waals surface area contributed by atoms with E-state index in [1.807, 2.05) is 44.2 Å². The zero-order valence-corrected chi connectivity index (χ0v) is 17.1. The number of nitrogens with zero attached hydrogens (tertiary/aromatic N) is 3. The van der Waals surface area contributed by atoms with Gasteiger partial charge >= 0.3 is 0 Å². The topological polar surface area (TPSA) is 73.7 Å². The maximum absolute atomic E-state index is 12.8. The fourth-order valence-electron chi connectivity index (χ4n) is 3.15. The van der Waals surface area contributed by atoms with Crippen LogP contribution in [0.25, 0.3) is 10.8 Å². The Hall–Kier alpha value is -3.35. The number of hydrogen-bond donors (Lipinski definition) is 0. The molecule has 0 N–H and O–H groups in total. The molecule has 7 nitrogen and oxygen atoms in total. The number of ether oxygens (including phenoxy) is 2. The molecule has 0 saturated carbocycles. The van der Waals surface area contributed by atoms with Gasteiger partial charge in [0.15, 0.2) is 0 Å². The number of carbonyl (C=O) groups is 1. The molecule has 7 heteroatoms. The molecule has 0 aliphatic carbocycles. The fraction of sp³-hybridized carbons (Fsp3) is 0.318. The fourth-order valence-corrected chi connectivity index (χ4v) is 3.15. The summed E-state index contributed by atoms with van der Waals surface area (Å²) in [5.41, 5.74) is 0.651. The van der Waals surface area contributed by atoms with Crippen LogP contribution < -0.4 is 15.0 Å². The van der Waals surface area contributed by atoms with Crippen LogP contribution in [-0.2, 0) is 11.3 Å². The van der Waals surface area contributed by atoms with Gasteiger partial charge in [-0.2, -0.15) is 0 Å². The van der Waals surface area contributed by atoms with Crippen molar-refractivity contribution >= 4 is 16.7 Å². The molecule has 0 saturated heterocycles. The van der Waals surface area contributed by atoms with Gasteiger partial charge in [-0.1, -0.05) is 24.3 Å². The summed E-state index contributed by atoms with van der Waals surface area (Å²) in [6, 6.07) is 14.5. The Bertz CT molecular complexity index is 1060. The molecule has 29 heavy (non-hydrogen) atoms. The zero-order chi connectivity index (χ0) is 21.0. The van der Waals surface area contributed by atoms with E-state index in [4.69, 9.17) is 9.47 Å². The third-order valence-electron chi connectivity index (χ3n) is 4.96. The summed E-state index contributed by atoms with van der Waals surface area (Å²) in [5.74, 6) is 0.880. The maximum Gasteiger partial charge on any atom is 0.275 e. The number of amides is 1. The minimum atomic E-state index is -0.322. The van der Waals surface area contributed by atoms with Crippen molar-refractivity contribution in [2.75, 3.05) is 20.8 Å². The van der Waals surface area contributed by atoms with Gasteiger partial charge in [-0.05, 0) is 43.7 Å². The van der Waals surface area contributed by atoms with Gasteiger partial charge < -0.3 is 14.4 Å². The lowest BCUT2D eigenvalue weighted by Crippen LogP contribution is -2.36. The minimum Gasteiger partial charge on any atom is -0.494 e. The van der Waals surface area contributed by atoms with Crippen LogP contribution in [0.4, 0.5) is 0 Å². The Morgan fingerprint density at radius 2 is 1.79 bits per heavy atom. The molecule has 1 heterocycles.